The molecule has 0 amide bonds. The molecule has 3 rings (SSSR count). The molecular formula is C21H27FN4S. The Kier molecular flexibility index (Phi) is 6.61. The lowest BCUT2D eigenvalue weighted by Crippen LogP contribution is -2.25. The van der Waals surface area contributed by atoms with Gasteiger partial charge in [-0.15, -0.1) is 11.3 Å². The molecule has 144 valence electrons. The molecule has 0 fully saturated rings. The predicted molar refractivity (Wildman–Crippen MR) is 113 cm³/mol. The molecule has 0 aliphatic heterocycles. The third-order valence-corrected chi connectivity index (χ3v) is 5.51. The molecule has 0 spiro atoms. The average Bonchev–Trinajstić information content (AvgIpc) is 3.04. The van der Waals surface area contributed by atoms with E-state index in [9.17, 15) is 4.39 Å². The van der Waals surface area contributed by atoms with Gasteiger partial charge in [0.05, 0.1) is 5.39 Å². The van der Waals surface area contributed by atoms with Gasteiger partial charge in [0.15, 0.2) is 0 Å². The summed E-state index contributed by atoms with van der Waals surface area (Å²) in [6.07, 6.45) is 3.64. The van der Waals surface area contributed by atoms with Crippen molar-refractivity contribution in [3.8, 4) is 0 Å². The molecule has 0 saturated heterocycles. The van der Waals surface area contributed by atoms with E-state index in [1.807, 2.05) is 6.07 Å². The van der Waals surface area contributed by atoms with Gasteiger partial charge in [-0.3, -0.25) is 0 Å². The number of benzene rings is 1. The van der Waals surface area contributed by atoms with E-state index < -0.39 is 0 Å². The minimum atomic E-state index is -0.192. The number of rotatable bonds is 9. The van der Waals surface area contributed by atoms with Crippen LogP contribution >= 0.6 is 11.3 Å². The molecule has 2 heterocycles. The molecule has 1 N–H and O–H groups in total. The van der Waals surface area contributed by atoms with Gasteiger partial charge >= 0.3 is 0 Å². The fourth-order valence-electron chi connectivity index (χ4n) is 3.17. The minimum Gasteiger partial charge on any atom is -0.372 e. The van der Waals surface area contributed by atoms with Crippen LogP contribution in [0.25, 0.3) is 10.2 Å². The van der Waals surface area contributed by atoms with Gasteiger partial charge in [-0.1, -0.05) is 19.9 Å². The van der Waals surface area contributed by atoms with Crippen LogP contribution in [0.1, 0.15) is 32.1 Å². The third-order valence-electron chi connectivity index (χ3n) is 4.44. The standard InChI is InChI=1S/C21H27FN4S/c1-4-26(17-8-5-7-16(22)12-17)10-6-9-23-20-19-13-18(11-15(2)3)27-21(19)25-14-24-20/h5,7-8,12-15H,4,6,9-11H2,1-3H3,(H,23,24,25). The Bertz CT molecular complexity index is 877. The van der Waals surface area contributed by atoms with Crippen molar-refractivity contribution in [3.63, 3.8) is 0 Å². The number of halogens is 1. The van der Waals surface area contributed by atoms with E-state index in [0.717, 1.165) is 54.2 Å². The highest BCUT2D eigenvalue weighted by molar-refractivity contribution is 7.18. The van der Waals surface area contributed by atoms with Crippen molar-refractivity contribution < 1.29 is 4.39 Å². The summed E-state index contributed by atoms with van der Waals surface area (Å²) in [6.45, 7) is 9.08. The predicted octanol–water partition coefficient (Wildman–Crippen LogP) is 5.36. The Morgan fingerprint density at radius 1 is 1.22 bits per heavy atom. The van der Waals surface area contributed by atoms with Crippen LogP contribution in [0, 0.1) is 11.7 Å². The summed E-state index contributed by atoms with van der Waals surface area (Å²) < 4.78 is 13.5. The molecule has 3 aromatic rings. The van der Waals surface area contributed by atoms with Gasteiger partial charge in [-0.05, 0) is 49.9 Å². The fraction of sp³-hybridized carbons (Fsp3) is 0.429. The quantitative estimate of drug-likeness (QED) is 0.503. The van der Waals surface area contributed by atoms with Crippen LogP contribution < -0.4 is 10.2 Å². The fourth-order valence-corrected chi connectivity index (χ4v) is 4.38. The topological polar surface area (TPSA) is 41.0 Å². The summed E-state index contributed by atoms with van der Waals surface area (Å²) in [7, 11) is 0. The van der Waals surface area contributed by atoms with Gasteiger partial charge < -0.3 is 10.2 Å². The Balaban J connectivity index is 1.59. The lowest BCUT2D eigenvalue weighted by Gasteiger charge is -2.23. The monoisotopic (exact) mass is 386 g/mol. The van der Waals surface area contributed by atoms with E-state index in [4.69, 9.17) is 0 Å². The SMILES string of the molecule is CCN(CCCNc1ncnc2sc(CC(C)C)cc12)c1cccc(F)c1. The van der Waals surface area contributed by atoms with Gasteiger partial charge in [0.1, 0.15) is 22.8 Å². The number of thiophene rings is 1. The third kappa shape index (κ3) is 5.16. The molecule has 4 nitrogen and oxygen atoms in total. The normalized spacial score (nSPS) is 11.3. The second kappa shape index (κ2) is 9.13. The van der Waals surface area contributed by atoms with Crippen molar-refractivity contribution in [2.75, 3.05) is 29.9 Å². The van der Waals surface area contributed by atoms with Crippen LogP contribution in [0.15, 0.2) is 36.7 Å². The van der Waals surface area contributed by atoms with Crippen molar-refractivity contribution in [2.24, 2.45) is 5.92 Å². The van der Waals surface area contributed by atoms with Crippen LogP contribution in [0.3, 0.4) is 0 Å². The molecule has 0 radical (unpaired) electrons. The summed E-state index contributed by atoms with van der Waals surface area (Å²) in [5.74, 6) is 1.34. The first kappa shape index (κ1) is 19.5. The van der Waals surface area contributed by atoms with Gasteiger partial charge in [-0.25, -0.2) is 14.4 Å². The van der Waals surface area contributed by atoms with E-state index >= 15 is 0 Å². The second-order valence-electron chi connectivity index (χ2n) is 7.09. The Labute approximate surface area is 164 Å². The zero-order chi connectivity index (χ0) is 19.2. The van der Waals surface area contributed by atoms with Crippen LogP contribution in [0.5, 0.6) is 0 Å². The minimum absolute atomic E-state index is 0.192. The largest absolute Gasteiger partial charge is 0.372 e. The zero-order valence-electron chi connectivity index (χ0n) is 16.2. The van der Waals surface area contributed by atoms with Crippen LogP contribution in [-0.2, 0) is 6.42 Å². The smallest absolute Gasteiger partial charge is 0.138 e. The molecule has 0 saturated carbocycles. The first-order valence-electron chi connectivity index (χ1n) is 9.54. The molecular weight excluding hydrogens is 359 g/mol. The zero-order valence-corrected chi connectivity index (χ0v) is 17.0. The molecule has 0 unspecified atom stereocenters. The maximum Gasteiger partial charge on any atom is 0.138 e. The van der Waals surface area contributed by atoms with Gasteiger partial charge in [0.2, 0.25) is 0 Å². The molecule has 0 bridgehead atoms. The van der Waals surface area contributed by atoms with E-state index in [0.29, 0.717) is 5.92 Å². The van der Waals surface area contributed by atoms with Gasteiger partial charge in [0, 0.05) is 30.2 Å². The number of anilines is 2. The van der Waals surface area contributed by atoms with Crippen molar-refractivity contribution in [2.45, 2.75) is 33.6 Å². The van der Waals surface area contributed by atoms with Crippen molar-refractivity contribution in [1.82, 2.24) is 9.97 Å². The molecule has 0 aliphatic rings. The lowest BCUT2D eigenvalue weighted by molar-refractivity contribution is 0.626. The first-order chi connectivity index (χ1) is 13.1. The Morgan fingerprint density at radius 2 is 2.07 bits per heavy atom. The van der Waals surface area contributed by atoms with Crippen molar-refractivity contribution in [1.29, 1.82) is 0 Å². The van der Waals surface area contributed by atoms with Crippen LogP contribution in [-0.4, -0.2) is 29.6 Å². The van der Waals surface area contributed by atoms with E-state index in [-0.39, 0.29) is 5.82 Å². The van der Waals surface area contributed by atoms with Gasteiger partial charge in [0.25, 0.3) is 0 Å². The summed E-state index contributed by atoms with van der Waals surface area (Å²) in [5, 5.41) is 4.56. The number of hydrogen-bond donors (Lipinski definition) is 1. The van der Waals surface area contributed by atoms with Crippen molar-refractivity contribution in [3.05, 3.63) is 47.4 Å². The Morgan fingerprint density at radius 3 is 2.81 bits per heavy atom. The molecule has 0 atom stereocenters. The van der Waals surface area contributed by atoms with Crippen LogP contribution in [0.4, 0.5) is 15.9 Å². The van der Waals surface area contributed by atoms with E-state index in [1.54, 1.807) is 29.8 Å². The van der Waals surface area contributed by atoms with E-state index in [2.05, 4.69) is 47.0 Å². The number of hydrogen-bond acceptors (Lipinski definition) is 5. The highest BCUT2D eigenvalue weighted by atomic mass is 32.1. The van der Waals surface area contributed by atoms with Gasteiger partial charge in [-0.2, -0.15) is 0 Å². The number of nitrogens with zero attached hydrogens (tertiary/aromatic N) is 3. The molecule has 1 aromatic carbocycles. The van der Waals surface area contributed by atoms with Crippen molar-refractivity contribution >= 4 is 33.1 Å². The lowest BCUT2D eigenvalue weighted by atomic mass is 10.1. The molecule has 6 heteroatoms. The summed E-state index contributed by atoms with van der Waals surface area (Å²) in [5.41, 5.74) is 0.929. The number of nitrogens with one attached hydrogen (secondary N) is 1. The summed E-state index contributed by atoms with van der Waals surface area (Å²) >= 11 is 1.75. The highest BCUT2D eigenvalue weighted by Crippen LogP contribution is 2.29. The molecule has 2 aromatic heterocycles. The Hall–Kier alpha value is -2.21. The highest BCUT2D eigenvalue weighted by Gasteiger charge is 2.10. The first-order valence-corrected chi connectivity index (χ1v) is 10.4. The molecule has 0 aliphatic carbocycles. The average molecular weight is 387 g/mol. The second-order valence-corrected chi connectivity index (χ2v) is 8.21. The maximum atomic E-state index is 13.5. The summed E-state index contributed by atoms with van der Waals surface area (Å²) in [4.78, 5) is 13.4. The summed E-state index contributed by atoms with van der Waals surface area (Å²) in [6, 6.07) is 9.00. The van der Waals surface area contributed by atoms with Crippen LogP contribution in [0.2, 0.25) is 0 Å². The maximum absolute atomic E-state index is 13.5. The number of fused-ring (bicyclic) bond motifs is 1. The van der Waals surface area contributed by atoms with E-state index in [1.165, 1.54) is 10.9 Å². The molecule has 27 heavy (non-hydrogen) atoms. The number of aromatic nitrogens is 2.